The van der Waals surface area contributed by atoms with E-state index in [0.717, 1.165) is 38.5 Å². The molecule has 0 aromatic rings. The van der Waals surface area contributed by atoms with Crippen molar-refractivity contribution in [1.82, 2.24) is 0 Å². The first-order valence-corrected chi connectivity index (χ1v) is 9.62. The van der Waals surface area contributed by atoms with Crippen molar-refractivity contribution >= 4 is 0 Å². The Balaban J connectivity index is 1.84. The molecule has 1 nitrogen and oxygen atoms in total. The van der Waals surface area contributed by atoms with Crippen LogP contribution in [0.4, 0.5) is 13.2 Å². The van der Waals surface area contributed by atoms with Crippen molar-refractivity contribution in [2.45, 2.75) is 96.3 Å². The van der Waals surface area contributed by atoms with Gasteiger partial charge in [-0.25, -0.2) is 13.2 Å². The zero-order chi connectivity index (χ0) is 16.8. The van der Waals surface area contributed by atoms with E-state index < -0.39 is 18.5 Å². The van der Waals surface area contributed by atoms with Gasteiger partial charge in [-0.15, -0.1) is 0 Å². The molecule has 2 aliphatic rings. The summed E-state index contributed by atoms with van der Waals surface area (Å²) in [5, 5.41) is 0. The zero-order valence-electron chi connectivity index (χ0n) is 14.7. The van der Waals surface area contributed by atoms with Crippen LogP contribution in [0.25, 0.3) is 0 Å². The summed E-state index contributed by atoms with van der Waals surface area (Å²) in [5.41, 5.74) is 0. The molecule has 136 valence electrons. The van der Waals surface area contributed by atoms with Gasteiger partial charge in [0.25, 0.3) is 0 Å². The predicted molar refractivity (Wildman–Crippen MR) is 87.8 cm³/mol. The monoisotopic (exact) mass is 334 g/mol. The zero-order valence-corrected chi connectivity index (χ0v) is 14.7. The van der Waals surface area contributed by atoms with Crippen molar-refractivity contribution in [1.29, 1.82) is 0 Å². The maximum atomic E-state index is 14.5. The fourth-order valence-electron chi connectivity index (χ4n) is 4.46. The van der Waals surface area contributed by atoms with Crippen LogP contribution in [0.1, 0.15) is 71.6 Å². The van der Waals surface area contributed by atoms with Crippen LogP contribution >= 0.6 is 0 Å². The first-order valence-electron chi connectivity index (χ1n) is 9.62. The standard InChI is InChI=1S/C19H33F3O/c1-3-5-11-23-17-10-8-14(12-16(17)20)15-9-7-13(6-4-2)18(21)19(15)22/h13-19H,3-12H2,1-2H3. The number of halogens is 3. The molecule has 2 rings (SSSR count). The summed E-state index contributed by atoms with van der Waals surface area (Å²) in [6.07, 6.45) is 2.74. The van der Waals surface area contributed by atoms with E-state index in [1.807, 2.05) is 6.92 Å². The molecule has 7 unspecified atom stereocenters. The number of hydrogen-bond donors (Lipinski definition) is 0. The molecule has 0 N–H and O–H groups in total. The van der Waals surface area contributed by atoms with Crippen LogP contribution in [-0.2, 0) is 4.74 Å². The van der Waals surface area contributed by atoms with E-state index in [-0.39, 0.29) is 23.9 Å². The van der Waals surface area contributed by atoms with Crippen LogP contribution in [-0.4, -0.2) is 31.2 Å². The minimum atomic E-state index is -1.41. The first kappa shape index (κ1) is 19.1. The quantitative estimate of drug-likeness (QED) is 0.534. The molecular weight excluding hydrogens is 301 g/mol. The highest BCUT2D eigenvalue weighted by Gasteiger charge is 2.45. The third kappa shape index (κ3) is 4.87. The Hall–Kier alpha value is -0.250. The Bertz CT molecular complexity index is 339. The molecule has 4 heteroatoms. The molecule has 23 heavy (non-hydrogen) atoms. The normalized spacial score (nSPS) is 41.9. The van der Waals surface area contributed by atoms with Gasteiger partial charge in [-0.3, -0.25) is 0 Å². The number of ether oxygens (including phenoxy) is 1. The lowest BCUT2D eigenvalue weighted by molar-refractivity contribution is -0.0662. The average molecular weight is 334 g/mol. The van der Waals surface area contributed by atoms with Crippen molar-refractivity contribution in [2.75, 3.05) is 6.61 Å². The van der Waals surface area contributed by atoms with E-state index in [4.69, 9.17) is 4.74 Å². The van der Waals surface area contributed by atoms with Gasteiger partial charge < -0.3 is 4.74 Å². The smallest absolute Gasteiger partial charge is 0.134 e. The molecule has 0 bridgehead atoms. The molecule has 2 saturated carbocycles. The van der Waals surface area contributed by atoms with Crippen LogP contribution in [0.2, 0.25) is 0 Å². The average Bonchev–Trinajstić information content (AvgIpc) is 2.54. The largest absolute Gasteiger partial charge is 0.375 e. The Kier molecular flexibility index (Phi) is 7.71. The van der Waals surface area contributed by atoms with Crippen LogP contribution in [0, 0.1) is 17.8 Å². The molecule has 0 aliphatic heterocycles. The fraction of sp³-hybridized carbons (Fsp3) is 1.00. The lowest BCUT2D eigenvalue weighted by Crippen LogP contribution is -2.44. The summed E-state index contributed by atoms with van der Waals surface area (Å²) in [4.78, 5) is 0. The van der Waals surface area contributed by atoms with Crippen LogP contribution < -0.4 is 0 Å². The number of alkyl halides is 3. The molecule has 2 fully saturated rings. The number of rotatable bonds is 7. The van der Waals surface area contributed by atoms with E-state index in [1.165, 1.54) is 0 Å². The van der Waals surface area contributed by atoms with Gasteiger partial charge in [-0.1, -0.05) is 26.7 Å². The molecule has 0 amide bonds. The molecular formula is C19H33F3O. The SMILES string of the molecule is CCCCOC1CCC(C2CCC(CCC)C(F)C2F)CC1F. The topological polar surface area (TPSA) is 9.23 Å². The van der Waals surface area contributed by atoms with Crippen molar-refractivity contribution in [3.05, 3.63) is 0 Å². The summed E-state index contributed by atoms with van der Waals surface area (Å²) in [7, 11) is 0. The van der Waals surface area contributed by atoms with Crippen molar-refractivity contribution in [3.63, 3.8) is 0 Å². The minimum Gasteiger partial charge on any atom is -0.375 e. The molecule has 0 saturated heterocycles. The van der Waals surface area contributed by atoms with Gasteiger partial charge in [0.2, 0.25) is 0 Å². The highest BCUT2D eigenvalue weighted by molar-refractivity contribution is 4.94. The number of unbranched alkanes of at least 4 members (excludes halogenated alkanes) is 1. The van der Waals surface area contributed by atoms with Gasteiger partial charge >= 0.3 is 0 Å². The molecule has 7 atom stereocenters. The van der Waals surface area contributed by atoms with Gasteiger partial charge in [-0.05, 0) is 62.7 Å². The second-order valence-electron chi connectivity index (χ2n) is 7.53. The lowest BCUT2D eigenvalue weighted by Gasteiger charge is -2.42. The summed E-state index contributed by atoms with van der Waals surface area (Å²) in [6, 6.07) is 0. The Morgan fingerprint density at radius 1 is 0.913 bits per heavy atom. The third-order valence-electron chi connectivity index (χ3n) is 5.88. The Labute approximate surface area is 139 Å². The summed E-state index contributed by atoms with van der Waals surface area (Å²) >= 11 is 0. The summed E-state index contributed by atoms with van der Waals surface area (Å²) in [6.45, 7) is 4.70. The molecule has 0 radical (unpaired) electrons. The highest BCUT2D eigenvalue weighted by atomic mass is 19.2. The first-order chi connectivity index (χ1) is 11.1. The van der Waals surface area contributed by atoms with Gasteiger partial charge in [0.15, 0.2) is 0 Å². The van der Waals surface area contributed by atoms with E-state index in [1.54, 1.807) is 0 Å². The second-order valence-corrected chi connectivity index (χ2v) is 7.53. The molecule has 0 spiro atoms. The Morgan fingerprint density at radius 2 is 1.70 bits per heavy atom. The van der Waals surface area contributed by atoms with Crippen LogP contribution in [0.5, 0.6) is 0 Å². The number of hydrogen-bond acceptors (Lipinski definition) is 1. The lowest BCUT2D eigenvalue weighted by atomic mass is 9.68. The highest BCUT2D eigenvalue weighted by Crippen LogP contribution is 2.44. The van der Waals surface area contributed by atoms with Crippen molar-refractivity contribution in [3.8, 4) is 0 Å². The minimum absolute atomic E-state index is 0.0214. The van der Waals surface area contributed by atoms with Gasteiger partial charge in [0.1, 0.15) is 18.5 Å². The van der Waals surface area contributed by atoms with Gasteiger partial charge in [0.05, 0.1) is 6.10 Å². The fourth-order valence-corrected chi connectivity index (χ4v) is 4.46. The van der Waals surface area contributed by atoms with Crippen LogP contribution in [0.3, 0.4) is 0 Å². The molecule has 0 aromatic carbocycles. The summed E-state index contributed by atoms with van der Waals surface area (Å²) < 4.78 is 48.8. The van der Waals surface area contributed by atoms with Crippen LogP contribution in [0.15, 0.2) is 0 Å². The third-order valence-corrected chi connectivity index (χ3v) is 5.88. The molecule has 2 aliphatic carbocycles. The van der Waals surface area contributed by atoms with Gasteiger partial charge in [0, 0.05) is 6.61 Å². The Morgan fingerprint density at radius 3 is 2.35 bits per heavy atom. The maximum Gasteiger partial charge on any atom is 0.134 e. The second kappa shape index (κ2) is 9.29. The van der Waals surface area contributed by atoms with E-state index in [9.17, 15) is 13.2 Å². The molecule has 0 heterocycles. The predicted octanol–water partition coefficient (Wildman–Crippen LogP) is 5.81. The summed E-state index contributed by atoms with van der Waals surface area (Å²) in [5.74, 6) is -0.457. The van der Waals surface area contributed by atoms with Crippen molar-refractivity contribution in [2.24, 2.45) is 17.8 Å². The van der Waals surface area contributed by atoms with E-state index in [0.29, 0.717) is 25.9 Å². The van der Waals surface area contributed by atoms with E-state index >= 15 is 0 Å². The van der Waals surface area contributed by atoms with Gasteiger partial charge in [-0.2, -0.15) is 0 Å². The van der Waals surface area contributed by atoms with E-state index in [2.05, 4.69) is 6.92 Å². The maximum absolute atomic E-state index is 14.5. The molecule has 0 aromatic heterocycles. The van der Waals surface area contributed by atoms with Crippen molar-refractivity contribution < 1.29 is 17.9 Å².